The second kappa shape index (κ2) is 2.61. The van der Waals surface area contributed by atoms with Crippen molar-refractivity contribution >= 4 is 24.2 Å². The Hall–Kier alpha value is 0.380. The molecule has 5 heavy (non-hydrogen) atoms. The summed E-state index contributed by atoms with van der Waals surface area (Å²) in [6, 6.07) is 0. The molecule has 0 bridgehead atoms. The molecule has 0 fully saturated rings. The van der Waals surface area contributed by atoms with Gasteiger partial charge in [0.05, 0.1) is 0 Å². The van der Waals surface area contributed by atoms with Gasteiger partial charge in [0.1, 0.15) is 4.71 Å². The first kappa shape index (κ1) is 5.38. The minimum absolute atomic E-state index is 0.296. The van der Waals surface area contributed by atoms with Gasteiger partial charge in [-0.2, -0.15) is 0 Å². The van der Waals surface area contributed by atoms with Crippen LogP contribution in [0.1, 0.15) is 0 Å². The SMILES string of the molecule is C=CC([S])Cl. The first-order valence-electron chi connectivity index (χ1n) is 1.20. The van der Waals surface area contributed by atoms with Gasteiger partial charge in [-0.3, -0.25) is 0 Å². The van der Waals surface area contributed by atoms with Gasteiger partial charge in [-0.25, -0.2) is 0 Å². The van der Waals surface area contributed by atoms with Crippen molar-refractivity contribution < 1.29 is 0 Å². The molecule has 0 nitrogen and oxygen atoms in total. The molecule has 0 aromatic rings. The van der Waals surface area contributed by atoms with Crippen molar-refractivity contribution in [2.75, 3.05) is 0 Å². The van der Waals surface area contributed by atoms with Gasteiger partial charge in [-0.15, -0.1) is 18.2 Å². The largest absolute Gasteiger partial charge is 0.107 e. The van der Waals surface area contributed by atoms with Gasteiger partial charge in [0, 0.05) is 0 Å². The van der Waals surface area contributed by atoms with Crippen LogP contribution in [-0.2, 0) is 0 Å². The number of hydrogen-bond donors (Lipinski definition) is 0. The van der Waals surface area contributed by atoms with Crippen molar-refractivity contribution in [3.63, 3.8) is 0 Å². The summed E-state index contributed by atoms with van der Waals surface area (Å²) in [7, 11) is 0. The first-order valence-corrected chi connectivity index (χ1v) is 2.10. The highest BCUT2D eigenvalue weighted by molar-refractivity contribution is 7.82. The highest BCUT2D eigenvalue weighted by Gasteiger charge is 1.80. The Balaban J connectivity index is 2.83. The van der Waals surface area contributed by atoms with Crippen LogP contribution >= 0.6 is 24.2 Å². The summed E-state index contributed by atoms with van der Waals surface area (Å²) in [5, 5.41) is 0. The van der Waals surface area contributed by atoms with E-state index in [0.717, 1.165) is 0 Å². The van der Waals surface area contributed by atoms with Crippen LogP contribution < -0.4 is 0 Å². The molecule has 0 amide bonds. The van der Waals surface area contributed by atoms with E-state index in [1.54, 1.807) is 0 Å². The van der Waals surface area contributed by atoms with Crippen molar-refractivity contribution in [1.29, 1.82) is 0 Å². The summed E-state index contributed by atoms with van der Waals surface area (Å²) in [6.45, 7) is 3.32. The number of alkyl halides is 1. The first-order chi connectivity index (χ1) is 2.27. The molecule has 29 valence electrons. The van der Waals surface area contributed by atoms with Crippen molar-refractivity contribution in [2.24, 2.45) is 0 Å². The van der Waals surface area contributed by atoms with E-state index < -0.39 is 0 Å². The lowest BCUT2D eigenvalue weighted by molar-refractivity contribution is 1.68. The van der Waals surface area contributed by atoms with Gasteiger partial charge < -0.3 is 0 Å². The normalized spacial score (nSPS) is 14.0. The molecule has 0 aromatic heterocycles. The van der Waals surface area contributed by atoms with E-state index in [1.165, 1.54) is 6.08 Å². The van der Waals surface area contributed by atoms with Crippen LogP contribution in [-0.4, -0.2) is 4.71 Å². The van der Waals surface area contributed by atoms with Crippen molar-refractivity contribution in [3.05, 3.63) is 12.7 Å². The zero-order valence-corrected chi connectivity index (χ0v) is 4.22. The highest BCUT2D eigenvalue weighted by Crippen LogP contribution is 1.98. The molecule has 0 spiro atoms. The lowest BCUT2D eigenvalue weighted by atomic mass is 10.8. The molecule has 0 aliphatic rings. The topological polar surface area (TPSA) is 0 Å². The van der Waals surface area contributed by atoms with Crippen LogP contribution in [0.5, 0.6) is 0 Å². The van der Waals surface area contributed by atoms with E-state index in [0.29, 0.717) is 0 Å². The third kappa shape index (κ3) is 4.38. The van der Waals surface area contributed by atoms with E-state index in [9.17, 15) is 0 Å². The molecule has 0 N–H and O–H groups in total. The Morgan fingerprint density at radius 2 is 2.20 bits per heavy atom. The van der Waals surface area contributed by atoms with E-state index in [1.807, 2.05) is 0 Å². The Kier molecular flexibility index (Phi) is 2.81. The third-order valence-electron chi connectivity index (χ3n) is 0.185. The molecule has 1 unspecified atom stereocenters. The second-order valence-corrected chi connectivity index (χ2v) is 1.82. The average molecular weight is 108 g/mol. The van der Waals surface area contributed by atoms with E-state index in [-0.39, 0.29) is 4.71 Å². The Bertz CT molecular complexity index is 33.9. The van der Waals surface area contributed by atoms with Crippen LogP contribution in [0.4, 0.5) is 0 Å². The maximum Gasteiger partial charge on any atom is 0.107 e. The fourth-order valence-corrected chi connectivity index (χ4v) is 0. The summed E-state index contributed by atoms with van der Waals surface area (Å²) in [5.41, 5.74) is 0. The molecule has 0 heterocycles. The Morgan fingerprint density at radius 1 is 2.00 bits per heavy atom. The number of hydrogen-bond acceptors (Lipinski definition) is 0. The molecule has 0 aromatic carbocycles. The Labute approximate surface area is 42.2 Å². The zero-order chi connectivity index (χ0) is 4.28. The maximum atomic E-state index is 5.16. The van der Waals surface area contributed by atoms with Gasteiger partial charge in [0.2, 0.25) is 0 Å². The van der Waals surface area contributed by atoms with Gasteiger partial charge in [-0.05, 0) is 0 Å². The fourth-order valence-electron chi connectivity index (χ4n) is 0. The monoisotopic (exact) mass is 107 g/mol. The minimum atomic E-state index is -0.296. The maximum absolute atomic E-state index is 5.16. The van der Waals surface area contributed by atoms with Gasteiger partial charge >= 0.3 is 0 Å². The third-order valence-corrected chi connectivity index (χ3v) is 0.556. The van der Waals surface area contributed by atoms with E-state index in [4.69, 9.17) is 11.6 Å². The predicted octanol–water partition coefficient (Wildman–Crippen LogP) is 1.93. The molecule has 2 heteroatoms. The second-order valence-electron chi connectivity index (χ2n) is 0.587. The van der Waals surface area contributed by atoms with Crippen LogP contribution in [0.3, 0.4) is 0 Å². The fraction of sp³-hybridized carbons (Fsp3) is 0.333. The summed E-state index contributed by atoms with van der Waals surface area (Å²) >= 11 is 9.59. The zero-order valence-electron chi connectivity index (χ0n) is 2.65. The summed E-state index contributed by atoms with van der Waals surface area (Å²) in [5.74, 6) is 0. The summed E-state index contributed by atoms with van der Waals surface area (Å²) in [4.78, 5) is 0. The van der Waals surface area contributed by atoms with Gasteiger partial charge in [0.25, 0.3) is 0 Å². The molecule has 0 saturated heterocycles. The molecule has 1 radical (unpaired) electrons. The lowest BCUT2D eigenvalue weighted by Gasteiger charge is -1.78. The average Bonchev–Trinajstić information content (AvgIpc) is 1.38. The predicted molar refractivity (Wildman–Crippen MR) is 27.4 cm³/mol. The molecule has 0 rings (SSSR count). The van der Waals surface area contributed by atoms with Crippen LogP contribution in [0.15, 0.2) is 12.7 Å². The quantitative estimate of drug-likeness (QED) is 0.355. The van der Waals surface area contributed by atoms with Crippen LogP contribution in [0.25, 0.3) is 0 Å². The van der Waals surface area contributed by atoms with Crippen molar-refractivity contribution in [1.82, 2.24) is 0 Å². The summed E-state index contributed by atoms with van der Waals surface area (Å²) < 4.78 is -0.296. The molecule has 1 atom stereocenters. The lowest BCUT2D eigenvalue weighted by Crippen LogP contribution is -1.69. The van der Waals surface area contributed by atoms with Gasteiger partial charge in [-0.1, -0.05) is 18.7 Å². The van der Waals surface area contributed by atoms with Crippen LogP contribution in [0, 0.1) is 0 Å². The van der Waals surface area contributed by atoms with E-state index >= 15 is 0 Å². The molecule has 0 aliphatic carbocycles. The number of rotatable bonds is 1. The Morgan fingerprint density at radius 3 is 2.20 bits per heavy atom. The van der Waals surface area contributed by atoms with Crippen molar-refractivity contribution in [3.8, 4) is 0 Å². The molecule has 0 saturated carbocycles. The molecular formula is C3H4ClS. The molecule has 0 aliphatic heterocycles. The van der Waals surface area contributed by atoms with Gasteiger partial charge in [0.15, 0.2) is 0 Å². The standard InChI is InChI=1S/C3H4ClS/c1-2-3(4)5/h2-3H,1H2. The molecular weight excluding hydrogens is 104 g/mol. The highest BCUT2D eigenvalue weighted by atomic mass is 35.5. The van der Waals surface area contributed by atoms with Crippen molar-refractivity contribution in [2.45, 2.75) is 4.71 Å². The smallest absolute Gasteiger partial charge is 0.106 e. The minimum Gasteiger partial charge on any atom is -0.106 e. The van der Waals surface area contributed by atoms with E-state index in [2.05, 4.69) is 19.2 Å². The number of halogens is 1. The summed E-state index contributed by atoms with van der Waals surface area (Å²) in [6.07, 6.45) is 1.50. The van der Waals surface area contributed by atoms with Crippen LogP contribution in [0.2, 0.25) is 0 Å².